The first-order valence-corrected chi connectivity index (χ1v) is 12.6. The van der Waals surface area contributed by atoms with E-state index in [0.29, 0.717) is 33.7 Å². The number of nitrogens with zero attached hydrogens (tertiary/aromatic N) is 3. The average Bonchev–Trinajstić information content (AvgIpc) is 3.61. The number of benzene rings is 2. The predicted molar refractivity (Wildman–Crippen MR) is 140 cm³/mol. The number of esters is 1. The van der Waals surface area contributed by atoms with Crippen LogP contribution in [0.3, 0.4) is 0 Å². The molecule has 0 saturated heterocycles. The number of ether oxygens (including phenoxy) is 2. The zero-order valence-electron chi connectivity index (χ0n) is 20.7. The fourth-order valence-electron chi connectivity index (χ4n) is 3.45. The maximum absolute atomic E-state index is 12.7. The minimum atomic E-state index is -0.423. The summed E-state index contributed by atoms with van der Waals surface area (Å²) in [5, 5.41) is 14.5. The molecule has 2 aromatic carbocycles. The van der Waals surface area contributed by atoms with Gasteiger partial charge in [-0.1, -0.05) is 23.9 Å². The standard InChI is InChI=1S/C26H25N5O6S/c1-3-36-25(34)17-10-12-18(13-11-17)28-23(32)16-38-26-30-29-22(15-27-24(33)21-9-6-14-37-21)31(26)19-7-4-5-8-20(19)35-2/h4-14H,3,15-16H2,1-2H3,(H,27,33)(H,28,32). The number of carbonyl (C=O) groups excluding carboxylic acids is 3. The maximum Gasteiger partial charge on any atom is 0.338 e. The molecule has 38 heavy (non-hydrogen) atoms. The zero-order chi connectivity index (χ0) is 26.9. The van der Waals surface area contributed by atoms with Gasteiger partial charge in [0.1, 0.15) is 5.75 Å². The van der Waals surface area contributed by atoms with E-state index in [1.165, 1.54) is 18.0 Å². The van der Waals surface area contributed by atoms with E-state index in [2.05, 4.69) is 20.8 Å². The third-order valence-electron chi connectivity index (χ3n) is 5.19. The van der Waals surface area contributed by atoms with Crippen LogP contribution in [0.15, 0.2) is 76.5 Å². The summed E-state index contributed by atoms with van der Waals surface area (Å²) in [6.07, 6.45) is 1.42. The third-order valence-corrected chi connectivity index (χ3v) is 6.12. The minimum Gasteiger partial charge on any atom is -0.495 e. The van der Waals surface area contributed by atoms with Crippen LogP contribution in [0.1, 0.15) is 33.7 Å². The second-order valence-electron chi connectivity index (χ2n) is 7.70. The number of rotatable bonds is 11. The van der Waals surface area contributed by atoms with Gasteiger partial charge in [-0.3, -0.25) is 14.2 Å². The van der Waals surface area contributed by atoms with Crippen molar-refractivity contribution in [2.45, 2.75) is 18.6 Å². The van der Waals surface area contributed by atoms with Crippen LogP contribution in [-0.4, -0.2) is 52.0 Å². The van der Waals surface area contributed by atoms with Gasteiger partial charge in [-0.25, -0.2) is 4.79 Å². The van der Waals surface area contributed by atoms with Crippen molar-refractivity contribution in [2.75, 3.05) is 24.8 Å². The molecule has 0 saturated carbocycles. The number of carbonyl (C=O) groups is 3. The van der Waals surface area contributed by atoms with Crippen molar-refractivity contribution in [3.63, 3.8) is 0 Å². The smallest absolute Gasteiger partial charge is 0.338 e. The Balaban J connectivity index is 1.47. The quantitative estimate of drug-likeness (QED) is 0.217. The van der Waals surface area contributed by atoms with Crippen LogP contribution >= 0.6 is 11.8 Å². The number of methoxy groups -OCH3 is 1. The molecule has 0 atom stereocenters. The molecular weight excluding hydrogens is 510 g/mol. The first kappa shape index (κ1) is 26.5. The molecule has 196 valence electrons. The van der Waals surface area contributed by atoms with Crippen molar-refractivity contribution in [1.29, 1.82) is 0 Å². The van der Waals surface area contributed by atoms with E-state index in [0.717, 1.165) is 0 Å². The first-order valence-electron chi connectivity index (χ1n) is 11.6. The summed E-state index contributed by atoms with van der Waals surface area (Å²) in [7, 11) is 1.55. The number of anilines is 1. The molecule has 12 heteroatoms. The lowest BCUT2D eigenvalue weighted by Gasteiger charge is -2.14. The lowest BCUT2D eigenvalue weighted by molar-refractivity contribution is -0.113. The maximum atomic E-state index is 12.7. The Labute approximate surface area is 222 Å². The van der Waals surface area contributed by atoms with E-state index in [1.807, 2.05) is 18.2 Å². The zero-order valence-corrected chi connectivity index (χ0v) is 21.5. The number of furan rings is 1. The SMILES string of the molecule is CCOC(=O)c1ccc(NC(=O)CSc2nnc(CNC(=O)c3ccco3)n2-c2ccccc2OC)cc1. The lowest BCUT2D eigenvalue weighted by atomic mass is 10.2. The van der Waals surface area contributed by atoms with E-state index in [-0.39, 0.29) is 30.6 Å². The van der Waals surface area contributed by atoms with Crippen molar-refractivity contribution < 1.29 is 28.3 Å². The third kappa shape index (κ3) is 6.40. The number of para-hydroxylation sites is 2. The molecule has 11 nitrogen and oxygen atoms in total. The van der Waals surface area contributed by atoms with Crippen LogP contribution in [0.2, 0.25) is 0 Å². The first-order chi connectivity index (χ1) is 18.5. The molecule has 0 unspecified atom stereocenters. The number of aromatic nitrogens is 3. The Bertz CT molecular complexity index is 1400. The van der Waals surface area contributed by atoms with Crippen molar-refractivity contribution in [3.8, 4) is 11.4 Å². The Morgan fingerprint density at radius 2 is 1.82 bits per heavy atom. The molecular formula is C26H25N5O6S. The summed E-state index contributed by atoms with van der Waals surface area (Å²) >= 11 is 1.17. The Kier molecular flexibility index (Phi) is 8.77. The van der Waals surface area contributed by atoms with Gasteiger partial charge in [-0.2, -0.15) is 0 Å². The van der Waals surface area contributed by atoms with Crippen LogP contribution in [-0.2, 0) is 16.1 Å². The number of amides is 2. The van der Waals surface area contributed by atoms with Gasteiger partial charge in [-0.05, 0) is 55.5 Å². The molecule has 0 spiro atoms. The second-order valence-corrected chi connectivity index (χ2v) is 8.64. The Morgan fingerprint density at radius 1 is 1.03 bits per heavy atom. The van der Waals surface area contributed by atoms with Crippen molar-refractivity contribution in [3.05, 3.63) is 84.1 Å². The van der Waals surface area contributed by atoms with E-state index in [4.69, 9.17) is 13.9 Å². The highest BCUT2D eigenvalue weighted by atomic mass is 32.2. The fourth-order valence-corrected chi connectivity index (χ4v) is 4.21. The molecule has 2 heterocycles. The van der Waals surface area contributed by atoms with Crippen molar-refractivity contribution >= 4 is 35.2 Å². The summed E-state index contributed by atoms with van der Waals surface area (Å²) in [4.78, 5) is 36.8. The molecule has 0 bridgehead atoms. The van der Waals surface area contributed by atoms with Gasteiger partial charge in [0.25, 0.3) is 5.91 Å². The molecule has 2 N–H and O–H groups in total. The molecule has 0 radical (unpaired) electrons. The van der Waals surface area contributed by atoms with Crippen LogP contribution in [0, 0.1) is 0 Å². The Morgan fingerprint density at radius 3 is 2.53 bits per heavy atom. The number of nitrogens with one attached hydrogen (secondary N) is 2. The van der Waals surface area contributed by atoms with E-state index >= 15 is 0 Å². The topological polar surface area (TPSA) is 138 Å². The van der Waals surface area contributed by atoms with Crippen LogP contribution in [0.25, 0.3) is 5.69 Å². The normalized spacial score (nSPS) is 10.6. The summed E-state index contributed by atoms with van der Waals surface area (Å²) in [6, 6.07) is 16.9. The van der Waals surface area contributed by atoms with Crippen LogP contribution in [0.4, 0.5) is 5.69 Å². The average molecular weight is 536 g/mol. The Hall–Kier alpha value is -4.58. The molecule has 2 aromatic heterocycles. The van der Waals surface area contributed by atoms with Gasteiger partial charge < -0.3 is 24.5 Å². The predicted octanol–water partition coefficient (Wildman–Crippen LogP) is 3.71. The summed E-state index contributed by atoms with van der Waals surface area (Å²) in [5.41, 5.74) is 1.59. The number of thioether (sulfide) groups is 1. The summed E-state index contributed by atoms with van der Waals surface area (Å²) in [5.74, 6) is 0.118. The molecule has 4 rings (SSSR count). The van der Waals surface area contributed by atoms with Gasteiger partial charge in [0, 0.05) is 5.69 Å². The second kappa shape index (κ2) is 12.6. The number of hydrogen-bond donors (Lipinski definition) is 2. The fraction of sp³-hybridized carbons (Fsp3) is 0.192. The van der Waals surface area contributed by atoms with Gasteiger partial charge in [-0.15, -0.1) is 10.2 Å². The van der Waals surface area contributed by atoms with Crippen LogP contribution < -0.4 is 15.4 Å². The summed E-state index contributed by atoms with van der Waals surface area (Å²) < 4.78 is 17.3. The highest BCUT2D eigenvalue weighted by molar-refractivity contribution is 7.99. The van der Waals surface area contributed by atoms with Gasteiger partial charge in [0.2, 0.25) is 5.91 Å². The van der Waals surface area contributed by atoms with Crippen molar-refractivity contribution in [2.24, 2.45) is 0 Å². The van der Waals surface area contributed by atoms with E-state index < -0.39 is 11.9 Å². The van der Waals surface area contributed by atoms with Crippen LogP contribution in [0.5, 0.6) is 5.75 Å². The highest BCUT2D eigenvalue weighted by Crippen LogP contribution is 2.28. The van der Waals surface area contributed by atoms with Gasteiger partial charge >= 0.3 is 5.97 Å². The van der Waals surface area contributed by atoms with Gasteiger partial charge in [0.05, 0.1) is 43.5 Å². The number of hydrogen-bond acceptors (Lipinski definition) is 9. The molecule has 0 fully saturated rings. The monoisotopic (exact) mass is 535 g/mol. The highest BCUT2D eigenvalue weighted by Gasteiger charge is 2.20. The summed E-state index contributed by atoms with van der Waals surface area (Å²) in [6.45, 7) is 2.08. The lowest BCUT2D eigenvalue weighted by Crippen LogP contribution is -2.24. The molecule has 2 amide bonds. The minimum absolute atomic E-state index is 0.0334. The van der Waals surface area contributed by atoms with E-state index in [1.54, 1.807) is 61.1 Å². The van der Waals surface area contributed by atoms with E-state index in [9.17, 15) is 14.4 Å². The van der Waals surface area contributed by atoms with Gasteiger partial charge in [0.15, 0.2) is 16.7 Å². The largest absolute Gasteiger partial charge is 0.495 e. The molecule has 4 aromatic rings. The molecule has 0 aliphatic heterocycles. The van der Waals surface area contributed by atoms with Crippen molar-refractivity contribution in [1.82, 2.24) is 20.1 Å². The molecule has 0 aliphatic carbocycles. The molecule has 0 aliphatic rings.